The second-order valence-electron chi connectivity index (χ2n) is 4.26. The van der Waals surface area contributed by atoms with Gasteiger partial charge in [0, 0.05) is 12.6 Å². The largest absolute Gasteiger partial charge is 0.490 e. The molecule has 0 saturated heterocycles. The van der Waals surface area contributed by atoms with Gasteiger partial charge in [0.15, 0.2) is 17.6 Å². The number of benzene rings is 1. The van der Waals surface area contributed by atoms with Crippen LogP contribution >= 0.6 is 0 Å². The first-order valence-electron chi connectivity index (χ1n) is 6.73. The Bertz CT molecular complexity index is 494. The number of amides is 1. The Hall–Kier alpha value is -2.22. The van der Waals surface area contributed by atoms with Gasteiger partial charge in [0.05, 0.1) is 18.2 Å². The summed E-state index contributed by atoms with van der Waals surface area (Å²) in [5, 5.41) is 11.6. The zero-order valence-corrected chi connectivity index (χ0v) is 12.1. The van der Waals surface area contributed by atoms with E-state index < -0.39 is 6.10 Å². The van der Waals surface area contributed by atoms with Gasteiger partial charge in [-0.2, -0.15) is 5.26 Å². The molecule has 1 aromatic carbocycles. The smallest absolute Gasteiger partial charge is 0.260 e. The van der Waals surface area contributed by atoms with Gasteiger partial charge in [-0.05, 0) is 32.4 Å². The normalized spacial score (nSPS) is 11.3. The predicted molar refractivity (Wildman–Crippen MR) is 75.7 cm³/mol. The van der Waals surface area contributed by atoms with Crippen LogP contribution in [0.5, 0.6) is 11.5 Å². The number of hydrogen-bond donors (Lipinski definition) is 1. The molecule has 1 unspecified atom stereocenters. The van der Waals surface area contributed by atoms with Crippen LogP contribution in [0, 0.1) is 11.3 Å². The van der Waals surface area contributed by atoms with Crippen LogP contribution in [-0.2, 0) is 4.79 Å². The van der Waals surface area contributed by atoms with E-state index in [1.54, 1.807) is 25.1 Å². The molecule has 0 radical (unpaired) electrons. The first-order valence-corrected chi connectivity index (χ1v) is 6.73. The molecule has 108 valence electrons. The van der Waals surface area contributed by atoms with Gasteiger partial charge in [-0.1, -0.05) is 6.92 Å². The lowest BCUT2D eigenvalue weighted by molar-refractivity contribution is -0.127. The molecule has 0 fully saturated rings. The molecular formula is C15H20N2O3. The molecule has 1 atom stereocenters. The van der Waals surface area contributed by atoms with E-state index >= 15 is 0 Å². The summed E-state index contributed by atoms with van der Waals surface area (Å²) in [6.45, 7) is 6.60. The van der Waals surface area contributed by atoms with Crippen LogP contribution in [0.4, 0.5) is 0 Å². The van der Waals surface area contributed by atoms with Crippen molar-refractivity contribution in [3.63, 3.8) is 0 Å². The maximum Gasteiger partial charge on any atom is 0.260 e. The van der Waals surface area contributed by atoms with E-state index in [4.69, 9.17) is 14.7 Å². The molecular weight excluding hydrogens is 256 g/mol. The maximum absolute atomic E-state index is 11.8. The summed E-state index contributed by atoms with van der Waals surface area (Å²) in [5.74, 6) is 0.769. The van der Waals surface area contributed by atoms with Crippen LogP contribution in [0.25, 0.3) is 0 Å². The van der Waals surface area contributed by atoms with Crippen molar-refractivity contribution >= 4 is 5.91 Å². The maximum atomic E-state index is 11.8. The molecule has 0 aromatic heterocycles. The third-order valence-corrected chi connectivity index (χ3v) is 2.59. The molecule has 0 spiro atoms. The highest BCUT2D eigenvalue weighted by Gasteiger charge is 2.16. The van der Waals surface area contributed by atoms with E-state index in [1.807, 2.05) is 19.9 Å². The number of carbonyl (C=O) groups is 1. The molecule has 0 heterocycles. The van der Waals surface area contributed by atoms with Crippen LogP contribution in [-0.4, -0.2) is 25.2 Å². The number of rotatable bonds is 7. The van der Waals surface area contributed by atoms with Crippen LogP contribution in [0.1, 0.15) is 32.8 Å². The Morgan fingerprint density at radius 2 is 2.15 bits per heavy atom. The standard InChI is InChI=1S/C15H20N2O3/c1-4-8-17-15(18)11(3)20-13-7-6-12(10-16)9-14(13)19-5-2/h6-7,9,11H,4-5,8H2,1-3H3,(H,17,18). The lowest BCUT2D eigenvalue weighted by Crippen LogP contribution is -2.36. The Morgan fingerprint density at radius 3 is 2.75 bits per heavy atom. The SMILES string of the molecule is CCCNC(=O)C(C)Oc1ccc(C#N)cc1OCC. The zero-order valence-electron chi connectivity index (χ0n) is 12.1. The summed E-state index contributed by atoms with van der Waals surface area (Å²) in [5.41, 5.74) is 0.490. The van der Waals surface area contributed by atoms with Crippen molar-refractivity contribution in [1.82, 2.24) is 5.32 Å². The average molecular weight is 276 g/mol. The van der Waals surface area contributed by atoms with Gasteiger partial charge in [0.1, 0.15) is 0 Å². The fraction of sp³-hybridized carbons (Fsp3) is 0.467. The van der Waals surface area contributed by atoms with Crippen molar-refractivity contribution in [3.05, 3.63) is 23.8 Å². The van der Waals surface area contributed by atoms with Crippen molar-refractivity contribution in [2.75, 3.05) is 13.2 Å². The summed E-state index contributed by atoms with van der Waals surface area (Å²) < 4.78 is 11.0. The second kappa shape index (κ2) is 8.05. The molecule has 0 aliphatic heterocycles. The van der Waals surface area contributed by atoms with Crippen molar-refractivity contribution in [2.24, 2.45) is 0 Å². The fourth-order valence-electron chi connectivity index (χ4n) is 1.58. The van der Waals surface area contributed by atoms with E-state index in [1.165, 1.54) is 0 Å². The number of hydrogen-bond acceptors (Lipinski definition) is 4. The molecule has 0 bridgehead atoms. The van der Waals surface area contributed by atoms with Gasteiger partial charge in [-0.3, -0.25) is 4.79 Å². The summed E-state index contributed by atoms with van der Waals surface area (Å²) in [4.78, 5) is 11.8. The molecule has 1 aromatic rings. The predicted octanol–water partition coefficient (Wildman–Crippen LogP) is 2.25. The third kappa shape index (κ3) is 4.47. The highest BCUT2D eigenvalue weighted by molar-refractivity contribution is 5.80. The van der Waals surface area contributed by atoms with E-state index in [0.29, 0.717) is 30.2 Å². The zero-order chi connectivity index (χ0) is 15.0. The van der Waals surface area contributed by atoms with E-state index in [0.717, 1.165) is 6.42 Å². The Kier molecular flexibility index (Phi) is 6.38. The van der Waals surface area contributed by atoms with Crippen LogP contribution in [0.2, 0.25) is 0 Å². The highest BCUT2D eigenvalue weighted by atomic mass is 16.5. The molecule has 0 saturated carbocycles. The van der Waals surface area contributed by atoms with Crippen molar-refractivity contribution < 1.29 is 14.3 Å². The molecule has 20 heavy (non-hydrogen) atoms. The van der Waals surface area contributed by atoms with E-state index in [9.17, 15) is 4.79 Å². The summed E-state index contributed by atoms with van der Waals surface area (Å²) in [7, 11) is 0. The van der Waals surface area contributed by atoms with Gasteiger partial charge >= 0.3 is 0 Å². The Morgan fingerprint density at radius 1 is 1.40 bits per heavy atom. The van der Waals surface area contributed by atoms with Crippen molar-refractivity contribution in [3.8, 4) is 17.6 Å². The molecule has 1 amide bonds. The van der Waals surface area contributed by atoms with E-state index in [-0.39, 0.29) is 5.91 Å². The Labute approximate surface area is 119 Å². The number of ether oxygens (including phenoxy) is 2. The number of nitriles is 1. The van der Waals surface area contributed by atoms with Crippen molar-refractivity contribution in [2.45, 2.75) is 33.3 Å². The van der Waals surface area contributed by atoms with Gasteiger partial charge in [0.25, 0.3) is 5.91 Å². The molecule has 1 rings (SSSR count). The van der Waals surface area contributed by atoms with Crippen LogP contribution in [0.3, 0.4) is 0 Å². The van der Waals surface area contributed by atoms with Crippen LogP contribution < -0.4 is 14.8 Å². The minimum atomic E-state index is -0.617. The monoisotopic (exact) mass is 276 g/mol. The lowest BCUT2D eigenvalue weighted by Gasteiger charge is -2.17. The highest BCUT2D eigenvalue weighted by Crippen LogP contribution is 2.29. The second-order valence-corrected chi connectivity index (χ2v) is 4.26. The molecule has 0 aliphatic carbocycles. The molecule has 5 nitrogen and oxygen atoms in total. The van der Waals surface area contributed by atoms with Gasteiger partial charge < -0.3 is 14.8 Å². The first kappa shape index (κ1) is 15.8. The van der Waals surface area contributed by atoms with Crippen molar-refractivity contribution in [1.29, 1.82) is 5.26 Å². The molecule has 5 heteroatoms. The number of carbonyl (C=O) groups excluding carboxylic acids is 1. The third-order valence-electron chi connectivity index (χ3n) is 2.59. The number of nitrogens with one attached hydrogen (secondary N) is 1. The van der Waals surface area contributed by atoms with Gasteiger partial charge in [-0.15, -0.1) is 0 Å². The lowest BCUT2D eigenvalue weighted by atomic mass is 10.2. The van der Waals surface area contributed by atoms with Gasteiger partial charge in [0.2, 0.25) is 0 Å². The first-order chi connectivity index (χ1) is 9.62. The summed E-state index contributed by atoms with van der Waals surface area (Å²) in [6.07, 6.45) is 0.258. The summed E-state index contributed by atoms with van der Waals surface area (Å²) >= 11 is 0. The molecule has 0 aliphatic rings. The number of nitrogens with zero attached hydrogens (tertiary/aromatic N) is 1. The minimum absolute atomic E-state index is 0.168. The molecule has 1 N–H and O–H groups in total. The quantitative estimate of drug-likeness (QED) is 0.829. The Balaban J connectivity index is 2.80. The van der Waals surface area contributed by atoms with E-state index in [2.05, 4.69) is 5.32 Å². The summed E-state index contributed by atoms with van der Waals surface area (Å²) in [6, 6.07) is 6.93. The van der Waals surface area contributed by atoms with Crippen LogP contribution in [0.15, 0.2) is 18.2 Å². The van der Waals surface area contributed by atoms with Gasteiger partial charge in [-0.25, -0.2) is 0 Å². The average Bonchev–Trinajstić information content (AvgIpc) is 2.46. The minimum Gasteiger partial charge on any atom is -0.490 e. The fourth-order valence-corrected chi connectivity index (χ4v) is 1.58. The topological polar surface area (TPSA) is 71.3 Å².